The Kier molecular flexibility index (Phi) is 5.63. The molecule has 0 spiro atoms. The Bertz CT molecular complexity index is 517. The monoisotopic (exact) mass is 322 g/mol. The summed E-state index contributed by atoms with van der Waals surface area (Å²) in [6, 6.07) is 7.06. The van der Waals surface area contributed by atoms with Crippen LogP contribution in [-0.4, -0.2) is 47.7 Å². The van der Waals surface area contributed by atoms with Gasteiger partial charge in [0.15, 0.2) is 0 Å². The first-order valence-electron chi connectivity index (χ1n) is 8.17. The van der Waals surface area contributed by atoms with Crippen LogP contribution in [0.3, 0.4) is 0 Å². The molecule has 1 aromatic carbocycles. The maximum Gasteiger partial charge on any atom is 0.410 e. The van der Waals surface area contributed by atoms with E-state index in [9.17, 15) is 9.18 Å². The smallest absolute Gasteiger partial charge is 0.410 e. The van der Waals surface area contributed by atoms with Crippen LogP contribution < -0.4 is 0 Å². The average molecular weight is 322 g/mol. The summed E-state index contributed by atoms with van der Waals surface area (Å²) in [4.78, 5) is 16.1. The minimum absolute atomic E-state index is 0.206. The highest BCUT2D eigenvalue weighted by Gasteiger charge is 2.28. The van der Waals surface area contributed by atoms with Gasteiger partial charge in [-0.05, 0) is 58.4 Å². The Morgan fingerprint density at radius 3 is 2.35 bits per heavy atom. The summed E-state index contributed by atoms with van der Waals surface area (Å²) in [6.07, 6.45) is 1.63. The Morgan fingerprint density at radius 2 is 1.83 bits per heavy atom. The van der Waals surface area contributed by atoms with Gasteiger partial charge >= 0.3 is 6.09 Å². The van der Waals surface area contributed by atoms with E-state index in [1.807, 2.05) is 32.9 Å². The van der Waals surface area contributed by atoms with Crippen molar-refractivity contribution in [1.82, 2.24) is 9.80 Å². The predicted octanol–water partition coefficient (Wildman–Crippen LogP) is 3.66. The molecular weight excluding hydrogens is 295 g/mol. The number of benzene rings is 1. The van der Waals surface area contributed by atoms with Crippen LogP contribution in [0.5, 0.6) is 0 Å². The normalized spacial score (nSPS) is 16.7. The van der Waals surface area contributed by atoms with Crippen LogP contribution >= 0.6 is 0 Å². The second kappa shape index (κ2) is 7.30. The number of ether oxygens (including phenoxy) is 1. The number of amides is 1. The van der Waals surface area contributed by atoms with Gasteiger partial charge < -0.3 is 9.64 Å². The molecule has 0 bridgehead atoms. The molecule has 2 rings (SSSR count). The third kappa shape index (κ3) is 5.50. The van der Waals surface area contributed by atoms with E-state index in [0.29, 0.717) is 19.1 Å². The number of likely N-dealkylation sites (tertiary alicyclic amines) is 1. The Hall–Kier alpha value is -1.62. The van der Waals surface area contributed by atoms with Crippen LogP contribution in [0.15, 0.2) is 24.3 Å². The van der Waals surface area contributed by atoms with E-state index in [-0.39, 0.29) is 11.9 Å². The quantitative estimate of drug-likeness (QED) is 0.851. The molecule has 1 aromatic rings. The highest BCUT2D eigenvalue weighted by atomic mass is 19.1. The number of hydrogen-bond donors (Lipinski definition) is 0. The number of hydrogen-bond acceptors (Lipinski definition) is 3. The van der Waals surface area contributed by atoms with E-state index in [2.05, 4.69) is 11.9 Å². The lowest BCUT2D eigenvalue weighted by molar-refractivity contribution is 0.0153. The second-order valence-corrected chi connectivity index (χ2v) is 7.24. The molecule has 5 heteroatoms. The molecule has 23 heavy (non-hydrogen) atoms. The van der Waals surface area contributed by atoms with Crippen LogP contribution in [0.1, 0.15) is 39.2 Å². The number of piperidine rings is 1. The fraction of sp³-hybridized carbons (Fsp3) is 0.611. The number of carbonyl (C=O) groups is 1. The first-order valence-corrected chi connectivity index (χ1v) is 8.17. The van der Waals surface area contributed by atoms with Gasteiger partial charge in [0, 0.05) is 25.7 Å². The molecule has 0 aromatic heterocycles. The van der Waals surface area contributed by atoms with Crippen LogP contribution in [0.25, 0.3) is 0 Å². The first-order chi connectivity index (χ1) is 10.7. The van der Waals surface area contributed by atoms with Gasteiger partial charge in [-0.3, -0.25) is 4.90 Å². The fourth-order valence-electron chi connectivity index (χ4n) is 2.82. The van der Waals surface area contributed by atoms with Gasteiger partial charge in [0.1, 0.15) is 11.4 Å². The number of rotatable bonds is 3. The SMILES string of the molecule is CN(Cc1ccc(F)cc1)C1CCN(C(=O)OC(C)(C)C)CC1. The Labute approximate surface area is 138 Å². The molecular formula is C18H27FN2O2. The number of carbonyl (C=O) groups excluding carboxylic acids is 1. The van der Waals surface area contributed by atoms with Crippen LogP contribution in [-0.2, 0) is 11.3 Å². The highest BCUT2D eigenvalue weighted by Crippen LogP contribution is 2.20. The van der Waals surface area contributed by atoms with Gasteiger partial charge in [0.05, 0.1) is 0 Å². The van der Waals surface area contributed by atoms with E-state index in [1.165, 1.54) is 12.1 Å². The van der Waals surface area contributed by atoms with E-state index in [0.717, 1.165) is 24.9 Å². The molecule has 4 nitrogen and oxygen atoms in total. The van der Waals surface area contributed by atoms with Gasteiger partial charge in [-0.15, -0.1) is 0 Å². The highest BCUT2D eigenvalue weighted by molar-refractivity contribution is 5.68. The van der Waals surface area contributed by atoms with Crippen molar-refractivity contribution < 1.29 is 13.9 Å². The zero-order chi connectivity index (χ0) is 17.0. The van der Waals surface area contributed by atoms with Crippen molar-refractivity contribution in [3.63, 3.8) is 0 Å². The summed E-state index contributed by atoms with van der Waals surface area (Å²) in [5.74, 6) is -0.206. The van der Waals surface area contributed by atoms with Crippen LogP contribution in [0.2, 0.25) is 0 Å². The predicted molar refractivity (Wildman–Crippen MR) is 88.7 cm³/mol. The van der Waals surface area contributed by atoms with E-state index in [4.69, 9.17) is 4.74 Å². The van der Waals surface area contributed by atoms with Gasteiger partial charge in [-0.25, -0.2) is 9.18 Å². The van der Waals surface area contributed by atoms with Crippen molar-refractivity contribution in [2.45, 2.75) is 51.8 Å². The third-order valence-corrected chi connectivity index (χ3v) is 4.08. The molecule has 0 aliphatic carbocycles. The van der Waals surface area contributed by atoms with E-state index >= 15 is 0 Å². The molecule has 1 heterocycles. The molecule has 1 aliphatic rings. The number of nitrogens with zero attached hydrogens (tertiary/aromatic N) is 2. The molecule has 0 radical (unpaired) electrons. The lowest BCUT2D eigenvalue weighted by atomic mass is 10.0. The third-order valence-electron chi connectivity index (χ3n) is 4.08. The number of halogens is 1. The van der Waals surface area contributed by atoms with Crippen molar-refractivity contribution in [2.24, 2.45) is 0 Å². The minimum atomic E-state index is -0.451. The van der Waals surface area contributed by atoms with Crippen molar-refractivity contribution in [1.29, 1.82) is 0 Å². The molecule has 0 saturated carbocycles. The van der Waals surface area contributed by atoms with Crippen molar-refractivity contribution in [3.8, 4) is 0 Å². The fourth-order valence-corrected chi connectivity index (χ4v) is 2.82. The standard InChI is InChI=1S/C18H27FN2O2/c1-18(2,3)23-17(22)21-11-9-16(10-12-21)20(4)13-14-5-7-15(19)8-6-14/h5-8,16H,9-13H2,1-4H3. The van der Waals surface area contributed by atoms with Gasteiger partial charge in [0.25, 0.3) is 0 Å². The Morgan fingerprint density at radius 1 is 1.26 bits per heavy atom. The van der Waals surface area contributed by atoms with Crippen LogP contribution in [0.4, 0.5) is 9.18 Å². The van der Waals surface area contributed by atoms with Gasteiger partial charge in [-0.1, -0.05) is 12.1 Å². The zero-order valence-electron chi connectivity index (χ0n) is 14.5. The molecule has 1 amide bonds. The summed E-state index contributed by atoms with van der Waals surface area (Å²) in [5, 5.41) is 0. The summed E-state index contributed by atoms with van der Waals surface area (Å²) in [6.45, 7) is 7.87. The zero-order valence-corrected chi connectivity index (χ0v) is 14.5. The first kappa shape index (κ1) is 17.7. The summed E-state index contributed by atoms with van der Waals surface area (Å²) >= 11 is 0. The molecule has 1 saturated heterocycles. The molecule has 1 aliphatic heterocycles. The molecule has 0 atom stereocenters. The molecule has 1 fully saturated rings. The van der Waals surface area contributed by atoms with E-state index < -0.39 is 5.60 Å². The largest absolute Gasteiger partial charge is 0.444 e. The molecule has 0 N–H and O–H groups in total. The average Bonchev–Trinajstić information content (AvgIpc) is 2.48. The van der Waals surface area contributed by atoms with Gasteiger partial charge in [0.2, 0.25) is 0 Å². The van der Waals surface area contributed by atoms with Gasteiger partial charge in [-0.2, -0.15) is 0 Å². The summed E-state index contributed by atoms with van der Waals surface area (Å²) in [7, 11) is 2.08. The lowest BCUT2D eigenvalue weighted by Crippen LogP contribution is -2.46. The van der Waals surface area contributed by atoms with Crippen molar-refractivity contribution in [3.05, 3.63) is 35.6 Å². The second-order valence-electron chi connectivity index (χ2n) is 7.24. The Balaban J connectivity index is 1.81. The molecule has 0 unspecified atom stereocenters. The summed E-state index contributed by atoms with van der Waals surface area (Å²) < 4.78 is 18.4. The maximum atomic E-state index is 13.0. The topological polar surface area (TPSA) is 32.8 Å². The maximum absolute atomic E-state index is 13.0. The van der Waals surface area contributed by atoms with Crippen LogP contribution in [0, 0.1) is 5.82 Å². The van der Waals surface area contributed by atoms with Crippen molar-refractivity contribution >= 4 is 6.09 Å². The van der Waals surface area contributed by atoms with Crippen molar-refractivity contribution in [2.75, 3.05) is 20.1 Å². The van der Waals surface area contributed by atoms with E-state index in [1.54, 1.807) is 4.90 Å². The molecule has 128 valence electrons. The lowest BCUT2D eigenvalue weighted by Gasteiger charge is -2.37. The summed E-state index contributed by atoms with van der Waals surface area (Å²) in [5.41, 5.74) is 0.649. The minimum Gasteiger partial charge on any atom is -0.444 e.